The van der Waals surface area contributed by atoms with Gasteiger partial charge in [0, 0.05) is 13.1 Å². The number of hydrogen-bond donors (Lipinski definition) is 0. The van der Waals surface area contributed by atoms with Crippen LogP contribution in [0.5, 0.6) is 0 Å². The van der Waals surface area contributed by atoms with Gasteiger partial charge in [0.2, 0.25) is 0 Å². The zero-order valence-electron chi connectivity index (χ0n) is 19.0. The van der Waals surface area contributed by atoms with Crippen LogP contribution in [-0.2, 0) is 0 Å². The first-order chi connectivity index (χ1) is 15.3. The molecule has 2 atom stereocenters. The largest absolute Gasteiger partial charge is 0.275 e. The second-order valence-electron chi connectivity index (χ2n) is 8.68. The molecular weight excluding hydrogens is 376 g/mol. The lowest BCUT2D eigenvalue weighted by atomic mass is 9.93. The van der Waals surface area contributed by atoms with Crippen LogP contribution in [0.15, 0.2) is 91.0 Å². The molecule has 0 radical (unpaired) electrons. The molecule has 1 heterocycles. The summed E-state index contributed by atoms with van der Waals surface area (Å²) >= 11 is 0. The van der Waals surface area contributed by atoms with E-state index in [2.05, 4.69) is 115 Å². The van der Waals surface area contributed by atoms with Crippen LogP contribution in [0.2, 0.25) is 0 Å². The van der Waals surface area contributed by atoms with Crippen LogP contribution in [-0.4, -0.2) is 22.9 Å². The molecule has 1 aliphatic heterocycles. The van der Waals surface area contributed by atoms with Gasteiger partial charge >= 0.3 is 0 Å². The van der Waals surface area contributed by atoms with Crippen molar-refractivity contribution >= 4 is 0 Å². The van der Waals surface area contributed by atoms with Crippen molar-refractivity contribution in [3.8, 4) is 0 Å². The van der Waals surface area contributed by atoms with E-state index >= 15 is 0 Å². The Morgan fingerprint density at radius 3 is 1.23 bits per heavy atom. The molecule has 3 aromatic carbocycles. The highest BCUT2D eigenvalue weighted by Gasteiger charge is 2.48. The maximum atomic E-state index is 2.78. The Morgan fingerprint density at radius 2 is 0.871 bits per heavy atom. The molecule has 2 heteroatoms. The van der Waals surface area contributed by atoms with Gasteiger partial charge in [0.1, 0.15) is 0 Å². The van der Waals surface area contributed by atoms with Crippen molar-refractivity contribution in [1.29, 1.82) is 0 Å². The van der Waals surface area contributed by atoms with E-state index in [1.165, 1.54) is 42.4 Å². The number of unbranched alkanes of at least 4 members (excludes halogenated alkanes) is 2. The van der Waals surface area contributed by atoms with Gasteiger partial charge in [-0.2, -0.15) is 0 Å². The Balaban J connectivity index is 1.87. The Labute approximate surface area is 188 Å². The summed E-state index contributed by atoms with van der Waals surface area (Å²) in [5.74, 6) is 0. The molecule has 0 spiro atoms. The van der Waals surface area contributed by atoms with E-state index in [1.54, 1.807) is 0 Å². The minimum absolute atomic E-state index is 0.301. The standard InChI is InChI=1S/C29H36N2/c1-3-5-22-30-27(24-16-10-7-11-17-24)28(25-18-12-8-13-19-25)31(23-6-4-2)29(30)26-20-14-9-15-21-26/h7-21,27-29H,3-6,22-23H2,1-2H3/t27-,28-/m1/s1. The lowest BCUT2D eigenvalue weighted by molar-refractivity contribution is 0.111. The van der Waals surface area contributed by atoms with Crippen molar-refractivity contribution in [2.24, 2.45) is 0 Å². The van der Waals surface area contributed by atoms with Crippen LogP contribution in [0.3, 0.4) is 0 Å². The van der Waals surface area contributed by atoms with Gasteiger partial charge in [0.05, 0.1) is 18.2 Å². The smallest absolute Gasteiger partial charge is 0.0897 e. The second-order valence-corrected chi connectivity index (χ2v) is 8.68. The van der Waals surface area contributed by atoms with Crippen LogP contribution in [0, 0.1) is 0 Å². The molecule has 1 aliphatic rings. The fraction of sp³-hybridized carbons (Fsp3) is 0.379. The first kappa shape index (κ1) is 21.8. The Bertz CT molecular complexity index is 836. The predicted octanol–water partition coefficient (Wildman–Crippen LogP) is 7.39. The molecule has 0 aliphatic carbocycles. The normalized spacial score (nSPS) is 20.3. The van der Waals surface area contributed by atoms with Crippen LogP contribution in [0.1, 0.15) is 74.5 Å². The second kappa shape index (κ2) is 10.7. The van der Waals surface area contributed by atoms with E-state index in [0.717, 1.165) is 13.1 Å². The summed E-state index contributed by atoms with van der Waals surface area (Å²) in [5.41, 5.74) is 4.26. The molecule has 31 heavy (non-hydrogen) atoms. The average Bonchev–Trinajstić information content (AvgIpc) is 3.16. The summed E-state index contributed by atoms with van der Waals surface area (Å²) in [5, 5.41) is 0. The minimum atomic E-state index is 0.301. The molecule has 0 unspecified atom stereocenters. The molecule has 4 rings (SSSR count). The molecular formula is C29H36N2. The Hall–Kier alpha value is -2.42. The Morgan fingerprint density at radius 1 is 0.516 bits per heavy atom. The van der Waals surface area contributed by atoms with Crippen LogP contribution in [0.25, 0.3) is 0 Å². The van der Waals surface area contributed by atoms with Gasteiger partial charge in [-0.05, 0) is 29.5 Å². The lowest BCUT2D eigenvalue weighted by Crippen LogP contribution is -2.33. The first-order valence-electron chi connectivity index (χ1n) is 12.0. The number of benzene rings is 3. The minimum Gasteiger partial charge on any atom is -0.275 e. The fourth-order valence-corrected chi connectivity index (χ4v) is 5.12. The highest BCUT2D eigenvalue weighted by atomic mass is 15.5. The van der Waals surface area contributed by atoms with Gasteiger partial charge in [-0.3, -0.25) is 9.80 Å². The molecule has 2 nitrogen and oxygen atoms in total. The average molecular weight is 413 g/mol. The van der Waals surface area contributed by atoms with E-state index in [4.69, 9.17) is 0 Å². The molecule has 0 amide bonds. The summed E-state index contributed by atoms with van der Waals surface area (Å²) in [6, 6.07) is 34.2. The predicted molar refractivity (Wildman–Crippen MR) is 131 cm³/mol. The Kier molecular flexibility index (Phi) is 7.56. The van der Waals surface area contributed by atoms with E-state index in [-0.39, 0.29) is 0 Å². The molecule has 1 fully saturated rings. The van der Waals surface area contributed by atoms with Crippen molar-refractivity contribution < 1.29 is 0 Å². The number of hydrogen-bond acceptors (Lipinski definition) is 2. The zero-order chi connectivity index (χ0) is 21.5. The van der Waals surface area contributed by atoms with Gasteiger partial charge < -0.3 is 0 Å². The molecule has 162 valence electrons. The molecule has 0 N–H and O–H groups in total. The first-order valence-corrected chi connectivity index (χ1v) is 12.0. The maximum Gasteiger partial charge on any atom is 0.0897 e. The van der Waals surface area contributed by atoms with Crippen LogP contribution >= 0.6 is 0 Å². The highest BCUT2D eigenvalue weighted by molar-refractivity contribution is 5.33. The third-order valence-corrected chi connectivity index (χ3v) is 6.56. The number of rotatable bonds is 9. The zero-order valence-corrected chi connectivity index (χ0v) is 19.0. The van der Waals surface area contributed by atoms with E-state index < -0.39 is 0 Å². The van der Waals surface area contributed by atoms with Crippen LogP contribution < -0.4 is 0 Å². The van der Waals surface area contributed by atoms with Crippen molar-refractivity contribution in [3.63, 3.8) is 0 Å². The van der Waals surface area contributed by atoms with Crippen molar-refractivity contribution in [3.05, 3.63) is 108 Å². The molecule has 0 saturated carbocycles. The monoisotopic (exact) mass is 412 g/mol. The van der Waals surface area contributed by atoms with Crippen molar-refractivity contribution in [1.82, 2.24) is 9.80 Å². The van der Waals surface area contributed by atoms with E-state index in [0.29, 0.717) is 18.2 Å². The molecule has 1 saturated heterocycles. The van der Waals surface area contributed by atoms with Crippen LogP contribution in [0.4, 0.5) is 0 Å². The van der Waals surface area contributed by atoms with Gasteiger partial charge in [0.25, 0.3) is 0 Å². The van der Waals surface area contributed by atoms with Crippen molar-refractivity contribution in [2.75, 3.05) is 13.1 Å². The summed E-state index contributed by atoms with van der Waals surface area (Å²) < 4.78 is 0. The van der Waals surface area contributed by atoms with Gasteiger partial charge in [-0.1, -0.05) is 118 Å². The van der Waals surface area contributed by atoms with Gasteiger partial charge in [-0.25, -0.2) is 0 Å². The van der Waals surface area contributed by atoms with Gasteiger partial charge in [-0.15, -0.1) is 0 Å². The van der Waals surface area contributed by atoms with Gasteiger partial charge in [0.15, 0.2) is 0 Å². The number of nitrogens with zero attached hydrogens (tertiary/aromatic N) is 2. The molecule has 3 aromatic rings. The highest BCUT2D eigenvalue weighted by Crippen LogP contribution is 2.52. The maximum absolute atomic E-state index is 2.78. The summed E-state index contributed by atoms with van der Waals surface area (Å²) in [6.45, 7) is 6.83. The molecule has 0 bridgehead atoms. The third-order valence-electron chi connectivity index (χ3n) is 6.56. The molecule has 0 aromatic heterocycles. The quantitative estimate of drug-likeness (QED) is 0.361. The summed E-state index contributed by atoms with van der Waals surface area (Å²) in [7, 11) is 0. The summed E-state index contributed by atoms with van der Waals surface area (Å²) in [4.78, 5) is 5.56. The van der Waals surface area contributed by atoms with Crippen molar-refractivity contribution in [2.45, 2.75) is 57.8 Å². The third kappa shape index (κ3) is 4.76. The van der Waals surface area contributed by atoms with E-state index in [1.807, 2.05) is 0 Å². The van der Waals surface area contributed by atoms with E-state index in [9.17, 15) is 0 Å². The fourth-order valence-electron chi connectivity index (χ4n) is 5.12. The SMILES string of the molecule is CCCCN1C(c2ccccc2)N(CCCC)[C@H](c2ccccc2)[C@H]1c1ccccc1. The summed E-state index contributed by atoms with van der Waals surface area (Å²) in [6.07, 6.45) is 5.16. The topological polar surface area (TPSA) is 6.48 Å². The lowest BCUT2D eigenvalue weighted by Gasteiger charge is -2.33.